The number of nitrogens with zero attached hydrogens (tertiary/aromatic N) is 2. The number of rotatable bonds is 6. The number of nitrogens with two attached hydrogens (primary N) is 1. The van der Waals surface area contributed by atoms with Crippen molar-refractivity contribution in [2.45, 2.75) is 23.8 Å². The summed E-state index contributed by atoms with van der Waals surface area (Å²) in [4.78, 5) is 8.48. The number of aliphatic imine (C=N–C) groups is 1. The number of anilines is 1. The van der Waals surface area contributed by atoms with Crippen molar-refractivity contribution in [1.29, 1.82) is 0 Å². The highest BCUT2D eigenvalue weighted by Crippen LogP contribution is 2.24. The molecule has 2 heterocycles. The fourth-order valence-electron chi connectivity index (χ4n) is 3.19. The van der Waals surface area contributed by atoms with Gasteiger partial charge in [0.05, 0.1) is 10.9 Å². The molecule has 28 heavy (non-hydrogen) atoms. The molecule has 3 aromatic rings. The van der Waals surface area contributed by atoms with E-state index in [1.54, 1.807) is 42.7 Å². The Morgan fingerprint density at radius 1 is 1.14 bits per heavy atom. The van der Waals surface area contributed by atoms with Crippen LogP contribution in [-0.4, -0.2) is 32.1 Å². The summed E-state index contributed by atoms with van der Waals surface area (Å²) in [6.07, 6.45) is 4.88. The third kappa shape index (κ3) is 3.91. The Morgan fingerprint density at radius 3 is 2.71 bits per heavy atom. The van der Waals surface area contributed by atoms with Gasteiger partial charge in [-0.05, 0) is 42.7 Å². The second-order valence-corrected chi connectivity index (χ2v) is 8.28. The predicted molar refractivity (Wildman–Crippen MR) is 109 cm³/mol. The average Bonchev–Trinajstić information content (AvgIpc) is 3.12. The first-order valence-corrected chi connectivity index (χ1v) is 10.4. The van der Waals surface area contributed by atoms with Crippen molar-refractivity contribution in [3.05, 3.63) is 66.5 Å². The third-order valence-corrected chi connectivity index (χ3v) is 6.08. The molecule has 2 aromatic carbocycles. The number of nitrogens with one attached hydrogen (secondary N) is 1. The van der Waals surface area contributed by atoms with E-state index in [-0.39, 0.29) is 17.0 Å². The lowest BCUT2D eigenvalue weighted by molar-refractivity contribution is 0.308. The zero-order valence-corrected chi connectivity index (χ0v) is 15.9. The second-order valence-electron chi connectivity index (χ2n) is 6.63. The topological polar surface area (TPSA) is 107 Å². The van der Waals surface area contributed by atoms with Gasteiger partial charge in [-0.1, -0.05) is 24.3 Å². The normalized spacial score (nSPS) is 16.6. The lowest BCUT2D eigenvalue weighted by Gasteiger charge is -2.11. The second kappa shape index (κ2) is 7.47. The maximum absolute atomic E-state index is 12.9. The van der Waals surface area contributed by atoms with Crippen LogP contribution >= 0.6 is 0 Å². The van der Waals surface area contributed by atoms with Crippen LogP contribution in [-0.2, 0) is 21.2 Å². The van der Waals surface area contributed by atoms with E-state index < -0.39 is 10.0 Å². The Kier molecular flexibility index (Phi) is 4.87. The van der Waals surface area contributed by atoms with E-state index in [2.05, 4.69) is 14.7 Å². The summed E-state index contributed by atoms with van der Waals surface area (Å²) in [5, 5.41) is 1.42. The number of aryl methyl sites for hydroxylation is 1. The van der Waals surface area contributed by atoms with E-state index in [9.17, 15) is 8.42 Å². The summed E-state index contributed by atoms with van der Waals surface area (Å²) >= 11 is 0. The summed E-state index contributed by atoms with van der Waals surface area (Å²) in [5.74, 6) is 0. The molecule has 144 valence electrons. The van der Waals surface area contributed by atoms with E-state index in [4.69, 9.17) is 10.5 Å². The number of hydrogen-bond acceptors (Lipinski definition) is 6. The first-order valence-electron chi connectivity index (χ1n) is 8.92. The number of aromatic nitrogens is 1. The Hall–Kier alpha value is -3.13. The molecular weight excluding hydrogens is 376 g/mol. The highest BCUT2D eigenvalue weighted by atomic mass is 32.2. The van der Waals surface area contributed by atoms with Crippen molar-refractivity contribution in [3.8, 4) is 0 Å². The minimum absolute atomic E-state index is 0.0824. The van der Waals surface area contributed by atoms with Gasteiger partial charge < -0.3 is 10.5 Å². The van der Waals surface area contributed by atoms with E-state index in [1.165, 1.54) is 0 Å². The first kappa shape index (κ1) is 18.2. The van der Waals surface area contributed by atoms with Crippen molar-refractivity contribution in [2.24, 2.45) is 10.7 Å². The van der Waals surface area contributed by atoms with Gasteiger partial charge in [0.25, 0.3) is 16.0 Å². The van der Waals surface area contributed by atoms with Gasteiger partial charge in [-0.15, -0.1) is 0 Å². The minimum Gasteiger partial charge on any atom is -0.463 e. The van der Waals surface area contributed by atoms with Gasteiger partial charge in [0.2, 0.25) is 0 Å². The standard InChI is InChI=1S/C20H20N4O3S/c21-20-23-17(13-27-20)9-6-14-4-7-16(8-5-14)24-28(25,26)19-3-1-2-15-12-22-11-10-18(15)19/h1-5,7-8,10-12,17,24H,6,9,13H2,(H2,21,23)/t17-/m0/s1. The summed E-state index contributed by atoms with van der Waals surface area (Å²) in [5.41, 5.74) is 7.13. The van der Waals surface area contributed by atoms with Crippen molar-refractivity contribution in [3.63, 3.8) is 0 Å². The molecule has 1 aromatic heterocycles. The van der Waals surface area contributed by atoms with Crippen molar-refractivity contribution < 1.29 is 13.2 Å². The van der Waals surface area contributed by atoms with Gasteiger partial charge in [-0.2, -0.15) is 0 Å². The molecule has 3 N–H and O–H groups in total. The molecular formula is C20H20N4O3S. The van der Waals surface area contributed by atoms with Crippen LogP contribution in [0.2, 0.25) is 0 Å². The molecule has 0 fully saturated rings. The molecule has 0 saturated carbocycles. The van der Waals surface area contributed by atoms with Crippen LogP contribution in [0.15, 0.2) is 70.8 Å². The number of pyridine rings is 1. The molecule has 0 unspecified atom stereocenters. The molecule has 1 aliphatic heterocycles. The van der Waals surface area contributed by atoms with Gasteiger partial charge in [0.15, 0.2) is 0 Å². The van der Waals surface area contributed by atoms with Crippen LogP contribution in [0.25, 0.3) is 10.8 Å². The monoisotopic (exact) mass is 396 g/mol. The van der Waals surface area contributed by atoms with E-state index in [1.807, 2.05) is 18.2 Å². The van der Waals surface area contributed by atoms with Crippen LogP contribution in [0.5, 0.6) is 0 Å². The molecule has 7 nitrogen and oxygen atoms in total. The van der Waals surface area contributed by atoms with Crippen LogP contribution in [0.3, 0.4) is 0 Å². The van der Waals surface area contributed by atoms with Crippen LogP contribution in [0, 0.1) is 0 Å². The quantitative estimate of drug-likeness (QED) is 0.666. The van der Waals surface area contributed by atoms with Crippen molar-refractivity contribution >= 4 is 32.5 Å². The Bertz CT molecular complexity index is 1120. The lowest BCUT2D eigenvalue weighted by Crippen LogP contribution is -2.13. The molecule has 0 saturated heterocycles. The number of amidine groups is 1. The number of benzene rings is 2. The molecule has 0 radical (unpaired) electrons. The summed E-state index contributed by atoms with van der Waals surface area (Å²) in [6, 6.07) is 14.5. The van der Waals surface area contributed by atoms with Crippen molar-refractivity contribution in [1.82, 2.24) is 4.98 Å². The number of hydrogen-bond donors (Lipinski definition) is 2. The van der Waals surface area contributed by atoms with Gasteiger partial charge in [-0.3, -0.25) is 9.71 Å². The van der Waals surface area contributed by atoms with E-state index >= 15 is 0 Å². The van der Waals surface area contributed by atoms with Crippen LogP contribution in [0.1, 0.15) is 12.0 Å². The zero-order valence-electron chi connectivity index (χ0n) is 15.1. The predicted octanol–water partition coefficient (Wildman–Crippen LogP) is 2.68. The zero-order chi connectivity index (χ0) is 19.6. The molecule has 0 aliphatic carbocycles. The van der Waals surface area contributed by atoms with E-state index in [0.29, 0.717) is 17.7 Å². The largest absolute Gasteiger partial charge is 0.463 e. The molecule has 0 spiro atoms. The maximum atomic E-state index is 12.9. The maximum Gasteiger partial charge on any atom is 0.282 e. The molecule has 8 heteroatoms. The highest BCUT2D eigenvalue weighted by molar-refractivity contribution is 7.93. The fraction of sp³-hybridized carbons (Fsp3) is 0.200. The van der Waals surface area contributed by atoms with Gasteiger partial charge in [0, 0.05) is 28.9 Å². The molecule has 1 atom stereocenters. The summed E-state index contributed by atoms with van der Waals surface area (Å²) in [7, 11) is -3.71. The van der Waals surface area contributed by atoms with Crippen LogP contribution in [0.4, 0.5) is 5.69 Å². The van der Waals surface area contributed by atoms with Crippen LogP contribution < -0.4 is 10.5 Å². The fourth-order valence-corrected chi connectivity index (χ4v) is 4.48. The van der Waals surface area contributed by atoms with Gasteiger partial charge in [-0.25, -0.2) is 13.4 Å². The Balaban J connectivity index is 1.47. The SMILES string of the molecule is NC1=N[C@@H](CCc2ccc(NS(=O)(=O)c3cccc4cnccc34)cc2)CO1. The number of sulfonamides is 1. The number of ether oxygens (including phenoxy) is 1. The van der Waals surface area contributed by atoms with Crippen molar-refractivity contribution in [2.75, 3.05) is 11.3 Å². The molecule has 0 amide bonds. The van der Waals surface area contributed by atoms with E-state index in [0.717, 1.165) is 23.8 Å². The van der Waals surface area contributed by atoms with Gasteiger partial charge >= 0.3 is 0 Å². The lowest BCUT2D eigenvalue weighted by atomic mass is 10.1. The average molecular weight is 396 g/mol. The molecule has 4 rings (SSSR count). The minimum atomic E-state index is -3.71. The smallest absolute Gasteiger partial charge is 0.282 e. The molecule has 0 bridgehead atoms. The summed E-state index contributed by atoms with van der Waals surface area (Å²) < 4.78 is 33.5. The highest BCUT2D eigenvalue weighted by Gasteiger charge is 2.18. The number of fused-ring (bicyclic) bond motifs is 1. The summed E-state index contributed by atoms with van der Waals surface area (Å²) in [6.45, 7) is 0.518. The molecule has 1 aliphatic rings. The Morgan fingerprint density at radius 2 is 1.96 bits per heavy atom. The third-order valence-electron chi connectivity index (χ3n) is 4.64. The van der Waals surface area contributed by atoms with Gasteiger partial charge in [0.1, 0.15) is 6.61 Å². The Labute approximate surface area is 163 Å². The first-order chi connectivity index (χ1) is 13.5.